The maximum atomic E-state index is 11.9. The van der Waals surface area contributed by atoms with Gasteiger partial charge in [-0.3, -0.25) is 0 Å². The fraction of sp³-hybridized carbons (Fsp3) is 0.167. The van der Waals surface area contributed by atoms with E-state index in [1.807, 2.05) is 13.0 Å². The summed E-state index contributed by atoms with van der Waals surface area (Å²) in [6.45, 7) is 3.53. The third-order valence-electron chi connectivity index (χ3n) is 2.54. The highest BCUT2D eigenvalue weighted by atomic mass is 16.5. The van der Waals surface area contributed by atoms with Crippen LogP contribution in [0.5, 0.6) is 0 Å². The molecule has 0 saturated carbocycles. The average Bonchev–Trinajstić information content (AvgIpc) is 2.27. The molecular formula is C12H12N2O2. The van der Waals surface area contributed by atoms with Gasteiger partial charge in [-0.25, -0.2) is 0 Å². The van der Waals surface area contributed by atoms with Gasteiger partial charge in [0, 0.05) is 22.8 Å². The first-order chi connectivity index (χ1) is 7.61. The van der Waals surface area contributed by atoms with Crippen molar-refractivity contribution in [2.75, 3.05) is 0 Å². The number of hydrogen-bond donors (Lipinski definition) is 0. The largest absolute Gasteiger partial charge is 0.754 e. The molecule has 0 N–H and O–H groups in total. The Morgan fingerprint density at radius 1 is 1.25 bits per heavy atom. The molecule has 0 amide bonds. The highest BCUT2D eigenvalue weighted by Gasteiger charge is 2.24. The van der Waals surface area contributed by atoms with Crippen LogP contribution in [0, 0.1) is 10.1 Å². The molecule has 0 aromatic heterocycles. The molecule has 2 rings (SSSR count). The summed E-state index contributed by atoms with van der Waals surface area (Å²) in [6.07, 6.45) is 9.98. The molecule has 4 nitrogen and oxygen atoms in total. The Bertz CT molecular complexity index is 493. The van der Waals surface area contributed by atoms with Crippen LogP contribution in [0.2, 0.25) is 0 Å². The third-order valence-corrected chi connectivity index (χ3v) is 2.54. The van der Waals surface area contributed by atoms with Gasteiger partial charge in [-0.1, -0.05) is 6.08 Å². The van der Waals surface area contributed by atoms with Crippen molar-refractivity contribution >= 4 is 0 Å². The first kappa shape index (κ1) is 10.6. The standard InChI is InChI=1S/C12H12N2O2/c1-9-6-7-10(2)14(16)12(9)11-5-3-4-8-13(11)15/h3-8H,1-2H3. The molecule has 0 bridgehead atoms. The molecule has 2 heterocycles. The molecule has 0 aromatic rings. The molecule has 0 fully saturated rings. The van der Waals surface area contributed by atoms with Gasteiger partial charge in [0.05, 0.1) is 4.76 Å². The van der Waals surface area contributed by atoms with E-state index in [-0.39, 0.29) is 0 Å². The lowest BCUT2D eigenvalue weighted by Gasteiger charge is -2.35. The second kappa shape index (κ2) is 3.90. The maximum Gasteiger partial charge on any atom is 0.285 e. The first-order valence-electron chi connectivity index (χ1n) is 4.99. The smallest absolute Gasteiger partial charge is 0.285 e. The van der Waals surface area contributed by atoms with Crippen LogP contribution in [-0.4, -0.2) is 9.82 Å². The molecule has 0 saturated heterocycles. The van der Waals surface area contributed by atoms with Gasteiger partial charge in [-0.05, 0) is 31.6 Å². The van der Waals surface area contributed by atoms with Gasteiger partial charge in [-0.15, -0.1) is 0 Å². The Morgan fingerprint density at radius 3 is 2.69 bits per heavy atom. The summed E-state index contributed by atoms with van der Waals surface area (Å²) in [5.74, 6) is 0. The van der Waals surface area contributed by atoms with Gasteiger partial charge < -0.3 is 10.3 Å². The second-order valence-electron chi connectivity index (χ2n) is 3.71. The predicted octanol–water partition coefficient (Wildman–Crippen LogP) is 2.72. The topological polar surface area (TPSA) is 46.4 Å². The van der Waals surface area contributed by atoms with Gasteiger partial charge >= 0.3 is 0 Å². The van der Waals surface area contributed by atoms with Gasteiger partial charge in [0.1, 0.15) is 5.70 Å². The van der Waals surface area contributed by atoms with E-state index in [0.29, 0.717) is 21.9 Å². The molecule has 0 radical (unpaired) electrons. The fourth-order valence-electron chi connectivity index (χ4n) is 1.65. The van der Waals surface area contributed by atoms with Crippen molar-refractivity contribution in [2.24, 2.45) is 0 Å². The molecule has 2 aliphatic heterocycles. The molecule has 16 heavy (non-hydrogen) atoms. The zero-order valence-electron chi connectivity index (χ0n) is 9.18. The Morgan fingerprint density at radius 2 is 2.00 bits per heavy atom. The van der Waals surface area contributed by atoms with Crippen molar-refractivity contribution in [2.45, 2.75) is 13.8 Å². The van der Waals surface area contributed by atoms with E-state index in [4.69, 9.17) is 0 Å². The van der Waals surface area contributed by atoms with Gasteiger partial charge in [0.25, 0.3) is 5.70 Å². The fourth-order valence-corrected chi connectivity index (χ4v) is 1.65. The summed E-state index contributed by atoms with van der Waals surface area (Å²) >= 11 is 0. The van der Waals surface area contributed by atoms with Crippen molar-refractivity contribution in [3.8, 4) is 0 Å². The number of hydroxylamine groups is 2. The number of nitroso groups, excluding NO2 is 1. The lowest BCUT2D eigenvalue weighted by atomic mass is 10.1. The van der Waals surface area contributed by atoms with Crippen LogP contribution < -0.4 is 0 Å². The zero-order valence-corrected chi connectivity index (χ0v) is 9.18. The van der Waals surface area contributed by atoms with Crippen molar-refractivity contribution in [1.82, 2.24) is 5.06 Å². The van der Waals surface area contributed by atoms with E-state index in [0.717, 1.165) is 10.6 Å². The summed E-state index contributed by atoms with van der Waals surface area (Å²) < 4.78 is 0.705. The minimum absolute atomic E-state index is 0.374. The Hall–Kier alpha value is -1.94. The van der Waals surface area contributed by atoms with E-state index >= 15 is 0 Å². The molecule has 0 spiro atoms. The van der Waals surface area contributed by atoms with Crippen LogP contribution in [0.25, 0.3) is 0 Å². The van der Waals surface area contributed by atoms with E-state index in [1.54, 1.807) is 31.2 Å². The van der Waals surface area contributed by atoms with Crippen LogP contribution in [0.3, 0.4) is 0 Å². The normalized spacial score (nSPS) is 24.7. The van der Waals surface area contributed by atoms with Gasteiger partial charge in [0.15, 0.2) is 0 Å². The van der Waals surface area contributed by atoms with Crippen LogP contribution in [0.15, 0.2) is 59.2 Å². The number of rotatable bonds is 0. The summed E-state index contributed by atoms with van der Waals surface area (Å²) in [6, 6.07) is 0. The number of hydrogen-bond acceptors (Lipinski definition) is 3. The van der Waals surface area contributed by atoms with Crippen molar-refractivity contribution < 1.29 is 4.76 Å². The minimum Gasteiger partial charge on any atom is -0.754 e. The second-order valence-corrected chi connectivity index (χ2v) is 3.71. The van der Waals surface area contributed by atoms with Crippen molar-refractivity contribution in [1.29, 1.82) is 0 Å². The highest BCUT2D eigenvalue weighted by Crippen LogP contribution is 2.28. The van der Waals surface area contributed by atoms with E-state index in [2.05, 4.69) is 0 Å². The quantitative estimate of drug-likeness (QED) is 0.585. The number of nitrogens with zero attached hydrogens (tertiary/aromatic N) is 2. The van der Waals surface area contributed by atoms with Crippen molar-refractivity contribution in [3.05, 3.63) is 69.4 Å². The molecule has 82 valence electrons. The lowest BCUT2D eigenvalue weighted by molar-refractivity contribution is -0.421. The Kier molecular flexibility index (Phi) is 2.58. The molecular weight excluding hydrogens is 204 g/mol. The summed E-state index contributed by atoms with van der Waals surface area (Å²) in [7, 11) is 0. The monoisotopic (exact) mass is 216 g/mol. The molecule has 0 unspecified atom stereocenters. The van der Waals surface area contributed by atoms with Gasteiger partial charge in [0.2, 0.25) is 6.20 Å². The van der Waals surface area contributed by atoms with E-state index < -0.39 is 0 Å². The summed E-state index contributed by atoms with van der Waals surface area (Å²) in [5.41, 5.74) is 2.15. The first-order valence-corrected chi connectivity index (χ1v) is 4.99. The Balaban J connectivity index is 2.55. The summed E-state index contributed by atoms with van der Waals surface area (Å²) in [4.78, 5) is 11.6. The van der Waals surface area contributed by atoms with Crippen LogP contribution in [-0.2, 0) is 0 Å². The maximum absolute atomic E-state index is 11.9. The predicted molar refractivity (Wildman–Crippen MR) is 61.7 cm³/mol. The van der Waals surface area contributed by atoms with Crippen LogP contribution >= 0.6 is 0 Å². The van der Waals surface area contributed by atoms with E-state index in [9.17, 15) is 10.1 Å². The van der Waals surface area contributed by atoms with Crippen LogP contribution in [0.1, 0.15) is 13.8 Å². The lowest BCUT2D eigenvalue weighted by Crippen LogP contribution is -2.21. The SMILES string of the molecule is CC1=CC=C(C)N([O-])C1=C1C=CC=C[N+]1=O. The third kappa shape index (κ3) is 1.63. The minimum atomic E-state index is 0.374. The molecule has 0 aromatic carbocycles. The zero-order chi connectivity index (χ0) is 11.7. The average molecular weight is 216 g/mol. The molecule has 4 heteroatoms. The Labute approximate surface area is 93.7 Å². The molecule has 2 aliphatic rings. The van der Waals surface area contributed by atoms with Gasteiger partial charge in [-0.2, -0.15) is 0 Å². The van der Waals surface area contributed by atoms with E-state index in [1.165, 1.54) is 6.20 Å². The molecule has 0 aliphatic carbocycles. The molecule has 0 atom stereocenters. The van der Waals surface area contributed by atoms with Crippen molar-refractivity contribution in [3.63, 3.8) is 0 Å². The number of allylic oxidation sites excluding steroid dienone is 7. The highest BCUT2D eigenvalue weighted by molar-refractivity contribution is 5.44. The summed E-state index contributed by atoms with van der Waals surface area (Å²) in [5, 5.41) is 12.7. The van der Waals surface area contributed by atoms with Crippen LogP contribution in [0.4, 0.5) is 0 Å².